The molecule has 0 amide bonds. The van der Waals surface area contributed by atoms with Crippen molar-refractivity contribution in [3.05, 3.63) is 12.7 Å². The van der Waals surface area contributed by atoms with Crippen LogP contribution in [0.3, 0.4) is 0 Å². The van der Waals surface area contributed by atoms with Crippen LogP contribution < -0.4 is 5.73 Å². The van der Waals surface area contributed by atoms with Gasteiger partial charge < -0.3 is 20.5 Å². The molecule has 102 valence electrons. The van der Waals surface area contributed by atoms with Crippen molar-refractivity contribution in [1.82, 2.24) is 19.5 Å². The van der Waals surface area contributed by atoms with Gasteiger partial charge in [-0.2, -0.15) is 0 Å². The number of nitrogens with zero attached hydrogens (tertiary/aromatic N) is 4. The van der Waals surface area contributed by atoms with Crippen molar-refractivity contribution in [3.8, 4) is 0 Å². The maximum atomic E-state index is 13.4. The van der Waals surface area contributed by atoms with Gasteiger partial charge >= 0.3 is 0 Å². The number of nitrogens with two attached hydrogens (primary N) is 1. The van der Waals surface area contributed by atoms with Gasteiger partial charge in [0.1, 0.15) is 24.1 Å². The van der Waals surface area contributed by atoms with E-state index in [9.17, 15) is 19.0 Å². The predicted molar refractivity (Wildman–Crippen MR) is 60.4 cm³/mol. The number of anilines is 1. The highest BCUT2D eigenvalue weighted by molar-refractivity contribution is 5.81. The Bertz CT molecular complexity index is 631. The minimum Gasteiger partial charge on any atom is -0.388 e. The molecule has 0 aliphatic heterocycles. The summed E-state index contributed by atoms with van der Waals surface area (Å²) in [5, 5.41) is 19.1. The summed E-state index contributed by atoms with van der Waals surface area (Å²) in [6, 6.07) is -1.01. The van der Waals surface area contributed by atoms with Crippen molar-refractivity contribution in [1.29, 1.82) is 0 Å². The van der Waals surface area contributed by atoms with Crippen LogP contribution in [-0.2, 0) is 0 Å². The van der Waals surface area contributed by atoms with Crippen molar-refractivity contribution < 1.29 is 19.0 Å². The molecular weight excluding hydrogens is 260 g/mol. The lowest BCUT2D eigenvalue weighted by Gasteiger charge is -2.17. The summed E-state index contributed by atoms with van der Waals surface area (Å²) in [5.74, 6) is -3.22. The molecule has 2 heterocycles. The fourth-order valence-corrected chi connectivity index (χ4v) is 2.36. The number of rotatable bonds is 1. The molecule has 3 unspecified atom stereocenters. The second-order valence-electron chi connectivity index (χ2n) is 4.55. The quantitative estimate of drug-likeness (QED) is 0.657. The maximum Gasteiger partial charge on any atom is 0.278 e. The van der Waals surface area contributed by atoms with E-state index in [0.717, 1.165) is 0 Å². The summed E-state index contributed by atoms with van der Waals surface area (Å²) in [6.45, 7) is 0. The minimum atomic E-state index is -3.35. The van der Waals surface area contributed by atoms with Crippen molar-refractivity contribution in [3.63, 3.8) is 0 Å². The Balaban J connectivity index is 2.09. The lowest BCUT2D eigenvalue weighted by Crippen LogP contribution is -2.35. The van der Waals surface area contributed by atoms with Crippen LogP contribution >= 0.6 is 0 Å². The summed E-state index contributed by atoms with van der Waals surface area (Å²) >= 11 is 0. The fourth-order valence-electron chi connectivity index (χ4n) is 2.36. The van der Waals surface area contributed by atoms with Crippen LogP contribution in [0.25, 0.3) is 11.2 Å². The fraction of sp³-hybridized carbons (Fsp3) is 0.500. The van der Waals surface area contributed by atoms with Crippen LogP contribution in [0.4, 0.5) is 14.6 Å². The maximum absolute atomic E-state index is 13.4. The first kappa shape index (κ1) is 12.2. The van der Waals surface area contributed by atoms with Crippen LogP contribution in [0.5, 0.6) is 0 Å². The Labute approximate surface area is 105 Å². The standard InChI is InChI=1S/C10H11F2N5O2/c11-10(12)1-4(6(18)7(10)19)17-3-16-5-8(13)14-2-15-9(5)17/h2-4,6-7,18-19H,1H2,(H2,13,14,15). The van der Waals surface area contributed by atoms with Crippen LogP contribution in [0.15, 0.2) is 12.7 Å². The van der Waals surface area contributed by atoms with Crippen molar-refractivity contribution in [2.75, 3.05) is 5.73 Å². The van der Waals surface area contributed by atoms with Gasteiger partial charge in [0.2, 0.25) is 0 Å². The molecule has 1 aliphatic rings. The molecule has 19 heavy (non-hydrogen) atoms. The van der Waals surface area contributed by atoms with Gasteiger partial charge in [-0.25, -0.2) is 23.7 Å². The molecule has 2 aromatic heterocycles. The van der Waals surface area contributed by atoms with Gasteiger partial charge in [-0.15, -0.1) is 0 Å². The number of aromatic nitrogens is 4. The van der Waals surface area contributed by atoms with E-state index in [0.29, 0.717) is 0 Å². The van der Waals surface area contributed by atoms with Crippen molar-refractivity contribution in [2.24, 2.45) is 0 Å². The average Bonchev–Trinajstić information content (AvgIpc) is 2.86. The molecule has 3 atom stereocenters. The Morgan fingerprint density at radius 1 is 1.32 bits per heavy atom. The monoisotopic (exact) mass is 271 g/mol. The summed E-state index contributed by atoms with van der Waals surface area (Å²) in [7, 11) is 0. The van der Waals surface area contributed by atoms with E-state index in [1.807, 2.05) is 0 Å². The number of fused-ring (bicyclic) bond motifs is 1. The van der Waals surface area contributed by atoms with Crippen molar-refractivity contribution >= 4 is 17.0 Å². The third-order valence-electron chi connectivity index (χ3n) is 3.38. The van der Waals surface area contributed by atoms with Crippen LogP contribution in [0.2, 0.25) is 0 Å². The third kappa shape index (κ3) is 1.65. The molecule has 1 fully saturated rings. The van der Waals surface area contributed by atoms with E-state index < -0.39 is 30.6 Å². The minimum absolute atomic E-state index is 0.128. The smallest absolute Gasteiger partial charge is 0.278 e. The highest BCUT2D eigenvalue weighted by Crippen LogP contribution is 2.42. The molecule has 0 aromatic carbocycles. The van der Waals surface area contributed by atoms with Gasteiger partial charge in [0, 0.05) is 6.42 Å². The summed E-state index contributed by atoms with van der Waals surface area (Å²) in [5.41, 5.74) is 6.13. The Morgan fingerprint density at radius 3 is 2.68 bits per heavy atom. The first-order chi connectivity index (χ1) is 8.92. The summed E-state index contributed by atoms with van der Waals surface area (Å²) in [4.78, 5) is 11.6. The Morgan fingerprint density at radius 2 is 2.05 bits per heavy atom. The normalized spacial score (nSPS) is 30.0. The molecule has 0 spiro atoms. The highest BCUT2D eigenvalue weighted by Gasteiger charge is 2.55. The molecule has 0 radical (unpaired) electrons. The molecular formula is C10H11F2N5O2. The molecule has 1 saturated carbocycles. The van der Waals surface area contributed by atoms with Gasteiger partial charge in [-0.3, -0.25) is 0 Å². The van der Waals surface area contributed by atoms with E-state index in [2.05, 4.69) is 15.0 Å². The number of alkyl halides is 2. The molecule has 0 bridgehead atoms. The Kier molecular flexibility index (Phi) is 2.44. The zero-order chi connectivity index (χ0) is 13.8. The van der Waals surface area contributed by atoms with Crippen LogP contribution in [0.1, 0.15) is 12.5 Å². The zero-order valence-electron chi connectivity index (χ0n) is 9.61. The lowest BCUT2D eigenvalue weighted by atomic mass is 10.2. The largest absolute Gasteiger partial charge is 0.388 e. The SMILES string of the molecule is Nc1ncnc2c1ncn2C1CC(F)(F)C(O)C1O. The number of hydrogen-bond acceptors (Lipinski definition) is 6. The molecule has 3 rings (SSSR count). The number of aliphatic hydroxyl groups excluding tert-OH is 2. The topological polar surface area (TPSA) is 110 Å². The molecule has 0 saturated heterocycles. The number of nitrogen functional groups attached to an aromatic ring is 1. The average molecular weight is 271 g/mol. The zero-order valence-corrected chi connectivity index (χ0v) is 9.61. The number of imidazole rings is 1. The lowest BCUT2D eigenvalue weighted by molar-refractivity contribution is -0.113. The third-order valence-corrected chi connectivity index (χ3v) is 3.38. The molecule has 7 nitrogen and oxygen atoms in total. The number of hydrogen-bond donors (Lipinski definition) is 3. The summed E-state index contributed by atoms with van der Waals surface area (Å²) in [6.07, 6.45) is -1.94. The van der Waals surface area contributed by atoms with Crippen LogP contribution in [-0.4, -0.2) is 47.9 Å². The van der Waals surface area contributed by atoms with Crippen LogP contribution in [0, 0.1) is 0 Å². The van der Waals surface area contributed by atoms with Gasteiger partial charge in [-0.1, -0.05) is 0 Å². The van der Waals surface area contributed by atoms with E-state index in [-0.39, 0.29) is 17.0 Å². The van der Waals surface area contributed by atoms with Gasteiger partial charge in [0.05, 0.1) is 12.4 Å². The first-order valence-electron chi connectivity index (χ1n) is 5.59. The highest BCUT2D eigenvalue weighted by atomic mass is 19.3. The summed E-state index contributed by atoms with van der Waals surface area (Å²) < 4.78 is 28.1. The second-order valence-corrected chi connectivity index (χ2v) is 4.55. The second kappa shape index (κ2) is 3.81. The van der Waals surface area contributed by atoms with E-state index >= 15 is 0 Å². The first-order valence-corrected chi connectivity index (χ1v) is 5.59. The molecule has 9 heteroatoms. The van der Waals surface area contributed by atoms with E-state index in [1.54, 1.807) is 0 Å². The van der Waals surface area contributed by atoms with E-state index in [1.165, 1.54) is 17.2 Å². The van der Waals surface area contributed by atoms with E-state index in [4.69, 9.17) is 5.73 Å². The predicted octanol–water partition coefficient (Wildman–Crippen LogP) is -0.290. The van der Waals surface area contributed by atoms with Gasteiger partial charge in [0.15, 0.2) is 11.5 Å². The molecule has 4 N–H and O–H groups in total. The Hall–Kier alpha value is -1.87. The molecule has 2 aromatic rings. The van der Waals surface area contributed by atoms with Gasteiger partial charge in [0.25, 0.3) is 5.92 Å². The number of halogens is 2. The molecule has 1 aliphatic carbocycles. The van der Waals surface area contributed by atoms with Gasteiger partial charge in [-0.05, 0) is 0 Å². The number of aliphatic hydroxyl groups is 2. The van der Waals surface area contributed by atoms with Crippen molar-refractivity contribution in [2.45, 2.75) is 30.6 Å².